The van der Waals surface area contributed by atoms with E-state index >= 15 is 0 Å². The van der Waals surface area contributed by atoms with E-state index in [1.165, 1.54) is 13.3 Å². The number of methoxy groups -OCH3 is 1. The summed E-state index contributed by atoms with van der Waals surface area (Å²) in [7, 11) is 1.43. The number of hydrazone groups is 1. The number of urea groups is 1. The Balaban J connectivity index is 1.38. The molecule has 1 heterocycles. The number of nitrogens with zero attached hydrogens (tertiary/aromatic N) is 2. The number of ether oxygens (including phenoxy) is 4. The molecule has 1 atom stereocenters. The van der Waals surface area contributed by atoms with Gasteiger partial charge in [0.25, 0.3) is 5.91 Å². The molecule has 44 heavy (non-hydrogen) atoms. The number of allylic oxidation sites excluding steroid dienone is 1. The molecule has 0 bridgehead atoms. The first-order valence-electron chi connectivity index (χ1n) is 13.6. The number of hydrogen-bond donors (Lipinski definition) is 3. The van der Waals surface area contributed by atoms with Gasteiger partial charge in [-0.05, 0) is 49.7 Å². The average Bonchev–Trinajstić information content (AvgIpc) is 3.03. The summed E-state index contributed by atoms with van der Waals surface area (Å²) in [4.78, 5) is 37.2. The van der Waals surface area contributed by atoms with Crippen LogP contribution in [0.2, 0.25) is 0 Å². The third-order valence-corrected chi connectivity index (χ3v) is 6.48. The van der Waals surface area contributed by atoms with Gasteiger partial charge >= 0.3 is 12.0 Å². The first-order valence-corrected chi connectivity index (χ1v) is 13.6. The van der Waals surface area contributed by atoms with Gasteiger partial charge in [0.15, 0.2) is 18.1 Å². The van der Waals surface area contributed by atoms with E-state index in [2.05, 4.69) is 27.2 Å². The largest absolute Gasteiger partial charge is 0.493 e. The summed E-state index contributed by atoms with van der Waals surface area (Å²) in [6.45, 7) is 3.32. The topological polar surface area (TPSA) is 160 Å². The van der Waals surface area contributed by atoms with Crippen molar-refractivity contribution in [2.45, 2.75) is 26.5 Å². The van der Waals surface area contributed by atoms with E-state index in [1.54, 1.807) is 62.4 Å². The highest BCUT2D eigenvalue weighted by Gasteiger charge is 2.32. The van der Waals surface area contributed by atoms with Crippen LogP contribution in [0.1, 0.15) is 42.1 Å². The molecule has 0 spiro atoms. The van der Waals surface area contributed by atoms with Gasteiger partial charge in [-0.2, -0.15) is 10.4 Å². The van der Waals surface area contributed by atoms with E-state index in [0.29, 0.717) is 28.1 Å². The lowest BCUT2D eigenvalue weighted by atomic mass is 9.95. The van der Waals surface area contributed by atoms with Gasteiger partial charge in [-0.15, -0.1) is 0 Å². The Kier molecular flexibility index (Phi) is 10.5. The molecule has 12 nitrogen and oxygen atoms in total. The maximum absolute atomic E-state index is 12.6. The molecule has 0 unspecified atom stereocenters. The molecule has 1 aliphatic heterocycles. The summed E-state index contributed by atoms with van der Waals surface area (Å²) in [5.41, 5.74) is 5.52. The smallest absolute Gasteiger partial charge is 0.338 e. The quantitative estimate of drug-likeness (QED) is 0.161. The van der Waals surface area contributed by atoms with Gasteiger partial charge in [-0.25, -0.2) is 15.0 Å². The van der Waals surface area contributed by atoms with Crippen LogP contribution in [-0.2, 0) is 20.9 Å². The van der Waals surface area contributed by atoms with Crippen molar-refractivity contribution in [3.8, 4) is 23.3 Å². The lowest BCUT2D eigenvalue weighted by Crippen LogP contribution is -2.45. The van der Waals surface area contributed by atoms with Crippen LogP contribution in [0, 0.1) is 11.3 Å². The SMILES string of the molecule is CCOC(=O)C1=C(C)NC(=O)N[C@@H]1c1ccc(OCC(=O)N/N=C/c2ccccc2OCc2ccccc2C#N)c(OC)c1. The molecule has 0 radical (unpaired) electrons. The van der Waals surface area contributed by atoms with Crippen LogP contribution in [0.3, 0.4) is 0 Å². The zero-order valence-electron chi connectivity index (χ0n) is 24.4. The van der Waals surface area contributed by atoms with E-state index in [0.717, 1.165) is 5.56 Å². The van der Waals surface area contributed by atoms with Gasteiger partial charge in [-0.1, -0.05) is 36.4 Å². The molecule has 3 aromatic rings. The normalized spacial score (nSPS) is 14.2. The second kappa shape index (κ2) is 14.9. The monoisotopic (exact) mass is 597 g/mol. The van der Waals surface area contributed by atoms with E-state index in [-0.39, 0.29) is 36.9 Å². The highest BCUT2D eigenvalue weighted by molar-refractivity contribution is 5.95. The fourth-order valence-corrected chi connectivity index (χ4v) is 4.39. The fraction of sp³-hybridized carbons (Fsp3) is 0.219. The third-order valence-electron chi connectivity index (χ3n) is 6.48. The summed E-state index contributed by atoms with van der Waals surface area (Å²) in [6, 6.07) is 20.1. The second-order valence-corrected chi connectivity index (χ2v) is 9.38. The maximum atomic E-state index is 12.6. The number of carbonyl (C=O) groups excluding carboxylic acids is 3. The number of carbonyl (C=O) groups is 3. The van der Waals surface area contributed by atoms with Gasteiger partial charge in [0.1, 0.15) is 12.4 Å². The summed E-state index contributed by atoms with van der Waals surface area (Å²) >= 11 is 0. The van der Waals surface area contributed by atoms with Crippen molar-refractivity contribution in [1.82, 2.24) is 16.1 Å². The van der Waals surface area contributed by atoms with Crippen LogP contribution in [0.4, 0.5) is 4.79 Å². The van der Waals surface area contributed by atoms with Gasteiger partial charge in [-0.3, -0.25) is 4.79 Å². The Morgan fingerprint density at radius 2 is 1.82 bits per heavy atom. The number of esters is 1. The number of nitriles is 1. The molecule has 0 saturated heterocycles. The Morgan fingerprint density at radius 1 is 1.05 bits per heavy atom. The van der Waals surface area contributed by atoms with Gasteiger partial charge in [0.05, 0.1) is 43.2 Å². The number of para-hydroxylation sites is 1. The third kappa shape index (κ3) is 7.71. The highest BCUT2D eigenvalue weighted by Crippen LogP contribution is 2.34. The Bertz CT molecular complexity index is 1640. The Morgan fingerprint density at radius 3 is 2.59 bits per heavy atom. The van der Waals surface area contributed by atoms with Crippen LogP contribution < -0.4 is 30.3 Å². The summed E-state index contributed by atoms with van der Waals surface area (Å²) in [5.74, 6) is 0.00218. The minimum Gasteiger partial charge on any atom is -0.493 e. The van der Waals surface area contributed by atoms with Crippen molar-refractivity contribution in [3.05, 3.63) is 100 Å². The van der Waals surface area contributed by atoms with Crippen LogP contribution in [0.25, 0.3) is 0 Å². The average molecular weight is 598 g/mol. The molecule has 0 fully saturated rings. The fourth-order valence-electron chi connectivity index (χ4n) is 4.39. The van der Waals surface area contributed by atoms with E-state index in [1.807, 2.05) is 18.2 Å². The van der Waals surface area contributed by atoms with Crippen molar-refractivity contribution in [2.75, 3.05) is 20.3 Å². The number of benzene rings is 3. The van der Waals surface area contributed by atoms with Crippen molar-refractivity contribution in [3.63, 3.8) is 0 Å². The van der Waals surface area contributed by atoms with Crippen LogP contribution >= 0.6 is 0 Å². The standard InChI is InChI=1S/C32H31N5O7/c1-4-42-31(39)29-20(2)35-32(40)36-30(29)21-13-14-26(27(15-21)41-3)44-19-28(38)37-34-17-23-10-7-8-12-25(23)43-18-24-11-6-5-9-22(24)16-33/h5-15,17,30H,4,18-19H2,1-3H3,(H,37,38)(H2,35,36,40)/b34-17+/t30-/m1/s1. The van der Waals surface area contributed by atoms with Crippen LogP contribution in [0.15, 0.2) is 83.1 Å². The Labute approximate surface area is 254 Å². The van der Waals surface area contributed by atoms with Crippen molar-refractivity contribution in [1.29, 1.82) is 5.26 Å². The molecule has 3 amide bonds. The minimum absolute atomic E-state index is 0.178. The molecule has 0 aromatic heterocycles. The summed E-state index contributed by atoms with van der Waals surface area (Å²) in [6.07, 6.45) is 1.45. The first kappa shape index (κ1) is 31.1. The van der Waals surface area contributed by atoms with Gasteiger partial charge in [0, 0.05) is 16.8 Å². The molecular formula is C32H31N5O7. The molecule has 0 aliphatic carbocycles. The zero-order valence-corrected chi connectivity index (χ0v) is 24.4. The molecule has 226 valence electrons. The maximum Gasteiger partial charge on any atom is 0.338 e. The minimum atomic E-state index is -0.781. The lowest BCUT2D eigenvalue weighted by molar-refractivity contribution is -0.139. The molecule has 3 N–H and O–H groups in total. The van der Waals surface area contributed by atoms with Crippen LogP contribution in [-0.4, -0.2) is 44.4 Å². The van der Waals surface area contributed by atoms with E-state index in [4.69, 9.17) is 18.9 Å². The molecule has 3 aromatic carbocycles. The van der Waals surface area contributed by atoms with E-state index in [9.17, 15) is 19.6 Å². The highest BCUT2D eigenvalue weighted by atomic mass is 16.5. The number of rotatable bonds is 12. The van der Waals surface area contributed by atoms with Gasteiger partial charge < -0.3 is 29.6 Å². The molecule has 1 aliphatic rings. The Hall–Kier alpha value is -5.83. The van der Waals surface area contributed by atoms with Crippen LogP contribution in [0.5, 0.6) is 17.2 Å². The first-order chi connectivity index (χ1) is 21.3. The molecule has 4 rings (SSSR count). The molecular weight excluding hydrogens is 566 g/mol. The number of amides is 3. The zero-order chi connectivity index (χ0) is 31.5. The van der Waals surface area contributed by atoms with E-state index < -0.39 is 23.9 Å². The molecule has 0 saturated carbocycles. The van der Waals surface area contributed by atoms with Crippen molar-refractivity contribution >= 4 is 24.1 Å². The van der Waals surface area contributed by atoms with Crippen molar-refractivity contribution in [2.24, 2.45) is 5.10 Å². The lowest BCUT2D eigenvalue weighted by Gasteiger charge is -2.28. The number of hydrogen-bond acceptors (Lipinski definition) is 9. The molecule has 12 heteroatoms. The predicted octanol–water partition coefficient (Wildman–Crippen LogP) is 3.87. The van der Waals surface area contributed by atoms with Crippen molar-refractivity contribution < 1.29 is 33.3 Å². The number of nitrogens with one attached hydrogen (secondary N) is 3. The summed E-state index contributed by atoms with van der Waals surface area (Å²) < 4.78 is 22.2. The predicted molar refractivity (Wildman–Crippen MR) is 160 cm³/mol. The van der Waals surface area contributed by atoms with Gasteiger partial charge in [0.2, 0.25) is 0 Å². The summed E-state index contributed by atoms with van der Waals surface area (Å²) in [5, 5.41) is 18.6. The second-order valence-electron chi connectivity index (χ2n) is 9.38.